The Balaban J connectivity index is 3.82. The Bertz CT molecular complexity index is 459. The van der Waals surface area contributed by atoms with E-state index in [0.717, 1.165) is 32.1 Å². The fourth-order valence-corrected chi connectivity index (χ4v) is 2.85. The molecule has 0 saturated heterocycles. The second-order valence-corrected chi connectivity index (χ2v) is 8.07. The number of carboxylic acid groups (broad SMARTS) is 2. The molecule has 2 atom stereocenters. The molecule has 0 bridgehead atoms. The number of esters is 1. The monoisotopic (exact) mass is 389 g/mol. The van der Waals surface area contributed by atoms with Gasteiger partial charge in [-0.15, -0.1) is 0 Å². The lowest BCUT2D eigenvalue weighted by Gasteiger charge is -2.29. The van der Waals surface area contributed by atoms with Crippen LogP contribution >= 0.6 is 0 Å². The van der Waals surface area contributed by atoms with E-state index < -0.39 is 24.1 Å². The van der Waals surface area contributed by atoms with Crippen LogP contribution < -0.4 is 5.11 Å². The predicted molar refractivity (Wildman–Crippen MR) is 97.6 cm³/mol. The molecule has 0 aromatic carbocycles. The first-order chi connectivity index (χ1) is 12.5. The molecule has 0 saturated carbocycles. The third kappa shape index (κ3) is 17.5. The van der Waals surface area contributed by atoms with Gasteiger partial charge in [0.1, 0.15) is 6.54 Å². The fourth-order valence-electron chi connectivity index (χ4n) is 2.85. The van der Waals surface area contributed by atoms with Crippen LogP contribution in [0.3, 0.4) is 0 Å². The van der Waals surface area contributed by atoms with Gasteiger partial charge >= 0.3 is 11.9 Å². The Hall–Kier alpha value is -1.67. The van der Waals surface area contributed by atoms with Crippen molar-refractivity contribution in [3.8, 4) is 0 Å². The SMILES string of the molecule is C[N+](C)(C)CC(CC(=O)[O-])OC(=O)CCCCCCCCC(O)CC(=O)O. The van der Waals surface area contributed by atoms with E-state index in [2.05, 4.69) is 0 Å². The zero-order chi connectivity index (χ0) is 20.9. The highest BCUT2D eigenvalue weighted by molar-refractivity contribution is 5.70. The molecule has 2 unspecified atom stereocenters. The van der Waals surface area contributed by atoms with Gasteiger partial charge in [0, 0.05) is 18.8 Å². The molecular weight excluding hydrogens is 354 g/mol. The van der Waals surface area contributed by atoms with Crippen molar-refractivity contribution in [2.24, 2.45) is 0 Å². The number of likely N-dealkylation sites (N-methyl/N-ethyl adjacent to an activating group) is 1. The lowest BCUT2D eigenvalue weighted by atomic mass is 10.0. The maximum absolute atomic E-state index is 11.9. The summed E-state index contributed by atoms with van der Waals surface area (Å²) in [6, 6.07) is 0. The van der Waals surface area contributed by atoms with E-state index >= 15 is 0 Å². The van der Waals surface area contributed by atoms with Crippen LogP contribution in [0.25, 0.3) is 0 Å². The van der Waals surface area contributed by atoms with E-state index in [1.807, 2.05) is 21.1 Å². The van der Waals surface area contributed by atoms with Gasteiger partial charge in [-0.3, -0.25) is 9.59 Å². The number of carbonyl (C=O) groups is 3. The largest absolute Gasteiger partial charge is 0.550 e. The smallest absolute Gasteiger partial charge is 0.306 e. The number of carbonyl (C=O) groups excluding carboxylic acids is 2. The molecule has 2 N–H and O–H groups in total. The van der Waals surface area contributed by atoms with Gasteiger partial charge in [0.05, 0.1) is 33.7 Å². The van der Waals surface area contributed by atoms with Crippen LogP contribution in [-0.4, -0.2) is 72.5 Å². The number of aliphatic hydroxyl groups is 1. The molecule has 0 heterocycles. The highest BCUT2D eigenvalue weighted by Gasteiger charge is 2.22. The number of unbranched alkanes of at least 4 members (excludes halogenated alkanes) is 5. The normalized spacial score (nSPS) is 13.8. The molecule has 0 radical (unpaired) electrons. The number of carboxylic acids is 2. The molecule has 8 heteroatoms. The summed E-state index contributed by atoms with van der Waals surface area (Å²) in [5.74, 6) is -2.60. The van der Waals surface area contributed by atoms with E-state index in [-0.39, 0.29) is 25.2 Å². The maximum Gasteiger partial charge on any atom is 0.306 e. The minimum atomic E-state index is -1.23. The number of nitrogens with zero attached hydrogens (tertiary/aromatic N) is 1. The lowest BCUT2D eigenvalue weighted by Crippen LogP contribution is -2.45. The predicted octanol–water partition coefficient (Wildman–Crippen LogP) is 0.701. The van der Waals surface area contributed by atoms with Gasteiger partial charge < -0.3 is 29.3 Å². The van der Waals surface area contributed by atoms with Gasteiger partial charge in [0.15, 0.2) is 6.10 Å². The number of ether oxygens (including phenoxy) is 1. The molecule has 0 rings (SSSR count). The molecule has 0 spiro atoms. The van der Waals surface area contributed by atoms with Crippen LogP contribution in [0.4, 0.5) is 0 Å². The summed E-state index contributed by atoms with van der Waals surface area (Å²) in [7, 11) is 5.70. The summed E-state index contributed by atoms with van der Waals surface area (Å²) in [5.41, 5.74) is 0. The highest BCUT2D eigenvalue weighted by atomic mass is 16.5. The van der Waals surface area contributed by atoms with Crippen LogP contribution in [0.2, 0.25) is 0 Å². The molecule has 27 heavy (non-hydrogen) atoms. The van der Waals surface area contributed by atoms with Crippen molar-refractivity contribution in [3.05, 3.63) is 0 Å². The van der Waals surface area contributed by atoms with Crippen LogP contribution in [-0.2, 0) is 19.1 Å². The van der Waals surface area contributed by atoms with Gasteiger partial charge in [-0.1, -0.05) is 32.1 Å². The summed E-state index contributed by atoms with van der Waals surface area (Å²) in [6.45, 7) is 0.410. The first-order valence-electron chi connectivity index (χ1n) is 9.59. The quantitative estimate of drug-likeness (QED) is 0.226. The molecule has 0 amide bonds. The van der Waals surface area contributed by atoms with Crippen molar-refractivity contribution in [3.63, 3.8) is 0 Å². The van der Waals surface area contributed by atoms with Gasteiger partial charge in [0.2, 0.25) is 0 Å². The van der Waals surface area contributed by atoms with Crippen molar-refractivity contribution >= 4 is 17.9 Å². The number of hydrogen-bond donors (Lipinski definition) is 2. The maximum atomic E-state index is 11.9. The van der Waals surface area contributed by atoms with Crippen molar-refractivity contribution < 1.29 is 38.9 Å². The average molecular weight is 389 g/mol. The van der Waals surface area contributed by atoms with E-state index in [9.17, 15) is 24.6 Å². The first-order valence-corrected chi connectivity index (χ1v) is 9.59. The summed E-state index contributed by atoms with van der Waals surface area (Å²) >= 11 is 0. The number of aliphatic carboxylic acids is 2. The van der Waals surface area contributed by atoms with Gasteiger partial charge in [-0.25, -0.2) is 0 Å². The molecule has 158 valence electrons. The second-order valence-electron chi connectivity index (χ2n) is 8.07. The number of hydrogen-bond acceptors (Lipinski definition) is 6. The highest BCUT2D eigenvalue weighted by Crippen LogP contribution is 2.12. The van der Waals surface area contributed by atoms with Crippen LogP contribution in [0.1, 0.15) is 64.2 Å². The van der Waals surface area contributed by atoms with Crippen LogP contribution in [0.5, 0.6) is 0 Å². The van der Waals surface area contributed by atoms with E-state index in [1.165, 1.54) is 0 Å². The number of rotatable bonds is 16. The minimum absolute atomic E-state index is 0.213. The molecule has 0 aliphatic heterocycles. The van der Waals surface area contributed by atoms with Crippen molar-refractivity contribution in [2.75, 3.05) is 27.7 Å². The second kappa shape index (κ2) is 13.5. The minimum Gasteiger partial charge on any atom is -0.550 e. The fraction of sp³-hybridized carbons (Fsp3) is 0.842. The van der Waals surface area contributed by atoms with E-state index in [0.29, 0.717) is 23.9 Å². The topological polar surface area (TPSA) is 124 Å². The van der Waals surface area contributed by atoms with Gasteiger partial charge in [0.25, 0.3) is 0 Å². The van der Waals surface area contributed by atoms with E-state index in [1.54, 1.807) is 0 Å². The molecule has 0 aromatic heterocycles. The number of quaternary nitrogens is 1. The van der Waals surface area contributed by atoms with Gasteiger partial charge in [-0.05, 0) is 12.8 Å². The van der Waals surface area contributed by atoms with Crippen molar-refractivity contribution in [2.45, 2.75) is 76.4 Å². The molecular formula is C19H35NO7. The molecule has 0 aliphatic rings. The third-order valence-corrected chi connectivity index (χ3v) is 4.02. The molecule has 8 nitrogen and oxygen atoms in total. The summed E-state index contributed by atoms with van der Waals surface area (Å²) in [4.78, 5) is 33.1. The Morgan fingerprint density at radius 3 is 2.04 bits per heavy atom. The zero-order valence-electron chi connectivity index (χ0n) is 16.8. The lowest BCUT2D eigenvalue weighted by molar-refractivity contribution is -0.873. The Morgan fingerprint density at radius 1 is 0.963 bits per heavy atom. The van der Waals surface area contributed by atoms with Gasteiger partial charge in [-0.2, -0.15) is 0 Å². The van der Waals surface area contributed by atoms with Crippen LogP contribution in [0.15, 0.2) is 0 Å². The van der Waals surface area contributed by atoms with Crippen LogP contribution in [0, 0.1) is 0 Å². The molecule has 0 fully saturated rings. The average Bonchev–Trinajstić information content (AvgIpc) is 2.46. The summed E-state index contributed by atoms with van der Waals surface area (Å²) in [6.07, 6.45) is 3.94. The zero-order valence-corrected chi connectivity index (χ0v) is 16.8. The Morgan fingerprint density at radius 2 is 1.52 bits per heavy atom. The van der Waals surface area contributed by atoms with Crippen molar-refractivity contribution in [1.29, 1.82) is 0 Å². The summed E-state index contributed by atoms with van der Waals surface area (Å²) in [5, 5.41) is 28.8. The summed E-state index contributed by atoms with van der Waals surface area (Å²) < 4.78 is 5.78. The Labute approximate surface area is 161 Å². The van der Waals surface area contributed by atoms with Crippen molar-refractivity contribution in [1.82, 2.24) is 0 Å². The van der Waals surface area contributed by atoms with E-state index in [4.69, 9.17) is 9.84 Å². The Kier molecular flexibility index (Phi) is 12.7. The molecule has 0 aliphatic carbocycles. The molecule has 0 aromatic rings. The first kappa shape index (κ1) is 25.3. The number of aliphatic hydroxyl groups excluding tert-OH is 1. The standard InChI is InChI=1S/C19H35NO7/c1-20(2,3)14-16(13-18(24)25)27-19(26)11-9-7-5-4-6-8-10-15(21)12-17(22)23/h15-16,21H,4-14H2,1-3H3,(H-,22,23,24,25). The third-order valence-electron chi connectivity index (χ3n) is 4.02.